The standard InChI is InChI=1S/C2H7P.Sc/c1-3-2;/h3H,1-2H3;. The van der Waals surface area contributed by atoms with Gasteiger partial charge in [0.2, 0.25) is 0 Å². The maximum absolute atomic E-state index is 2.15. The van der Waals surface area contributed by atoms with Crippen molar-refractivity contribution in [2.75, 3.05) is 13.3 Å². The van der Waals surface area contributed by atoms with Gasteiger partial charge in [-0.25, -0.2) is 0 Å². The fraction of sp³-hybridized carbons (Fsp3) is 1.00. The Morgan fingerprint density at radius 2 is 1.25 bits per heavy atom. The minimum absolute atomic E-state index is 0. The molecular formula is C2H7PSc. The first-order chi connectivity index (χ1) is 1.41. The molecule has 0 aromatic rings. The smallest absolute Gasteiger partial charge is 0 e. The number of hydrogen-bond acceptors (Lipinski definition) is 0. The Balaban J connectivity index is 0. The molecule has 1 radical (unpaired) electrons. The van der Waals surface area contributed by atoms with E-state index in [1.165, 1.54) is 0 Å². The van der Waals surface area contributed by atoms with Gasteiger partial charge in [0.1, 0.15) is 0 Å². The fourth-order valence-electron chi connectivity index (χ4n) is 0. The molecule has 0 fully saturated rings. The predicted octanol–water partition coefficient (Wildman–Crippen LogP) is 0.922. The van der Waals surface area contributed by atoms with Gasteiger partial charge in [0, 0.05) is 25.8 Å². The minimum Gasteiger partial charge on any atom is -0.129 e. The van der Waals surface area contributed by atoms with Gasteiger partial charge in [-0.1, -0.05) is 0 Å². The minimum atomic E-state index is 0. The average molecular weight is 107 g/mol. The molecule has 0 saturated heterocycles. The molecule has 0 N–H and O–H groups in total. The molecule has 0 aliphatic carbocycles. The maximum atomic E-state index is 2.15. The van der Waals surface area contributed by atoms with E-state index in [9.17, 15) is 0 Å². The van der Waals surface area contributed by atoms with Crippen molar-refractivity contribution in [2.24, 2.45) is 0 Å². The summed E-state index contributed by atoms with van der Waals surface area (Å²) in [7, 11) is 1.08. The molecule has 0 aliphatic heterocycles. The third-order valence-corrected chi connectivity index (χ3v) is 0. The first-order valence-corrected chi connectivity index (χ1v) is 3.00. The molecule has 0 saturated carbocycles. The van der Waals surface area contributed by atoms with Crippen LogP contribution >= 0.6 is 8.58 Å². The molecule has 0 bridgehead atoms. The summed E-state index contributed by atoms with van der Waals surface area (Å²) in [5.41, 5.74) is 0. The monoisotopic (exact) mass is 107 g/mol. The number of hydrogen-bond donors (Lipinski definition) is 0. The van der Waals surface area contributed by atoms with Gasteiger partial charge in [0.05, 0.1) is 0 Å². The molecule has 0 aromatic heterocycles. The van der Waals surface area contributed by atoms with Crippen molar-refractivity contribution in [3.63, 3.8) is 0 Å². The van der Waals surface area contributed by atoms with E-state index in [2.05, 4.69) is 13.3 Å². The Morgan fingerprint density at radius 3 is 1.25 bits per heavy atom. The molecule has 0 unspecified atom stereocenters. The zero-order valence-corrected chi connectivity index (χ0v) is 5.88. The second kappa shape index (κ2) is 8.85. The van der Waals surface area contributed by atoms with E-state index in [-0.39, 0.29) is 25.8 Å². The summed E-state index contributed by atoms with van der Waals surface area (Å²) in [5.74, 6) is 0. The molecule has 2 heteroatoms. The molecule has 23 valence electrons. The molecule has 0 rings (SSSR count). The van der Waals surface area contributed by atoms with Gasteiger partial charge in [-0.05, 0) is 13.3 Å². The Kier molecular flexibility index (Phi) is 19.9. The van der Waals surface area contributed by atoms with Gasteiger partial charge in [0.15, 0.2) is 0 Å². The van der Waals surface area contributed by atoms with E-state index < -0.39 is 0 Å². The summed E-state index contributed by atoms with van der Waals surface area (Å²) < 4.78 is 0. The zero-order chi connectivity index (χ0) is 2.71. The molecule has 0 nitrogen and oxygen atoms in total. The number of rotatable bonds is 0. The Bertz CT molecular complexity index is 6.00. The Hall–Kier alpha value is 1.30. The van der Waals surface area contributed by atoms with Crippen LogP contribution in [0.3, 0.4) is 0 Å². The Labute approximate surface area is 47.9 Å². The van der Waals surface area contributed by atoms with Crippen LogP contribution in [0.2, 0.25) is 0 Å². The zero-order valence-electron chi connectivity index (χ0n) is 3.08. The topological polar surface area (TPSA) is 0 Å². The van der Waals surface area contributed by atoms with Crippen LogP contribution in [0.1, 0.15) is 0 Å². The van der Waals surface area contributed by atoms with Crippen molar-refractivity contribution in [1.29, 1.82) is 0 Å². The molecule has 0 spiro atoms. The summed E-state index contributed by atoms with van der Waals surface area (Å²) in [6.45, 7) is 4.31. The van der Waals surface area contributed by atoms with Crippen LogP contribution in [-0.4, -0.2) is 13.3 Å². The van der Waals surface area contributed by atoms with Crippen molar-refractivity contribution >= 4 is 8.58 Å². The van der Waals surface area contributed by atoms with E-state index in [0.29, 0.717) is 0 Å². The van der Waals surface area contributed by atoms with Crippen LogP contribution in [-0.2, 0) is 25.8 Å². The van der Waals surface area contributed by atoms with Gasteiger partial charge in [0.25, 0.3) is 0 Å². The summed E-state index contributed by atoms with van der Waals surface area (Å²) in [5, 5.41) is 0. The summed E-state index contributed by atoms with van der Waals surface area (Å²) in [6, 6.07) is 0. The first kappa shape index (κ1) is 9.00. The third kappa shape index (κ3) is 10.3. The molecule has 0 amide bonds. The molecular weight excluding hydrogens is 100.0 g/mol. The van der Waals surface area contributed by atoms with Crippen LogP contribution in [0.25, 0.3) is 0 Å². The van der Waals surface area contributed by atoms with Gasteiger partial charge in [-0.3, -0.25) is 0 Å². The van der Waals surface area contributed by atoms with Crippen LogP contribution < -0.4 is 0 Å². The van der Waals surface area contributed by atoms with E-state index in [1.807, 2.05) is 0 Å². The van der Waals surface area contributed by atoms with E-state index in [1.54, 1.807) is 0 Å². The van der Waals surface area contributed by atoms with E-state index in [4.69, 9.17) is 0 Å². The van der Waals surface area contributed by atoms with Crippen molar-refractivity contribution in [3.8, 4) is 0 Å². The first-order valence-electron chi connectivity index (χ1n) is 1.00. The SMILES string of the molecule is CPC.[Sc]. The van der Waals surface area contributed by atoms with Gasteiger partial charge >= 0.3 is 0 Å². The van der Waals surface area contributed by atoms with Crippen LogP contribution in [0.4, 0.5) is 0 Å². The van der Waals surface area contributed by atoms with Crippen LogP contribution in [0, 0.1) is 0 Å². The predicted molar refractivity (Wildman–Crippen MR) is 20.2 cm³/mol. The van der Waals surface area contributed by atoms with E-state index in [0.717, 1.165) is 8.58 Å². The molecule has 0 aliphatic rings. The summed E-state index contributed by atoms with van der Waals surface area (Å²) >= 11 is 0. The van der Waals surface area contributed by atoms with Gasteiger partial charge in [-0.15, -0.1) is 8.58 Å². The van der Waals surface area contributed by atoms with Crippen molar-refractivity contribution < 1.29 is 25.8 Å². The second-order valence-electron chi connectivity index (χ2n) is 0.500. The average Bonchev–Trinajstić information content (AvgIpc) is 0.918. The third-order valence-electron chi connectivity index (χ3n) is 0. The van der Waals surface area contributed by atoms with Crippen molar-refractivity contribution in [1.82, 2.24) is 0 Å². The van der Waals surface area contributed by atoms with Crippen LogP contribution in [0.5, 0.6) is 0 Å². The molecule has 0 heterocycles. The summed E-state index contributed by atoms with van der Waals surface area (Å²) in [6.07, 6.45) is 0. The summed E-state index contributed by atoms with van der Waals surface area (Å²) in [4.78, 5) is 0. The Morgan fingerprint density at radius 1 is 1.25 bits per heavy atom. The quantitative estimate of drug-likeness (QED) is 0.404. The van der Waals surface area contributed by atoms with E-state index >= 15 is 0 Å². The maximum Gasteiger partial charge on any atom is 0 e. The second-order valence-corrected chi connectivity index (χ2v) is 1.50. The molecule has 0 atom stereocenters. The normalized spacial score (nSPS) is 4.50. The van der Waals surface area contributed by atoms with Crippen molar-refractivity contribution in [3.05, 3.63) is 0 Å². The van der Waals surface area contributed by atoms with Crippen molar-refractivity contribution in [2.45, 2.75) is 0 Å². The fourth-order valence-corrected chi connectivity index (χ4v) is 0. The molecule has 0 aromatic carbocycles. The van der Waals surface area contributed by atoms with Gasteiger partial charge < -0.3 is 0 Å². The van der Waals surface area contributed by atoms with Gasteiger partial charge in [-0.2, -0.15) is 0 Å². The molecule has 4 heavy (non-hydrogen) atoms. The largest absolute Gasteiger partial charge is 0.129 e. The van der Waals surface area contributed by atoms with Crippen LogP contribution in [0.15, 0.2) is 0 Å².